The topological polar surface area (TPSA) is 74.7 Å². The number of aliphatic hydroxyl groups excluding tert-OH is 1. The number of aliphatic hydroxyl groups is 1. The maximum atomic E-state index is 13.5. The molecular weight excluding hydrogens is 434 g/mol. The Labute approximate surface area is 186 Å². The molecule has 0 aliphatic carbocycles. The van der Waals surface area contributed by atoms with Gasteiger partial charge in [0.05, 0.1) is 10.9 Å². The van der Waals surface area contributed by atoms with Crippen molar-refractivity contribution in [3.8, 4) is 0 Å². The molecule has 31 heavy (non-hydrogen) atoms. The summed E-state index contributed by atoms with van der Waals surface area (Å²) in [6.45, 7) is 2.10. The van der Waals surface area contributed by atoms with Crippen molar-refractivity contribution in [1.29, 1.82) is 0 Å². The lowest BCUT2D eigenvalue weighted by Crippen LogP contribution is -2.30. The maximum Gasteiger partial charge on any atom is 0.290 e. The van der Waals surface area contributed by atoms with Crippen LogP contribution in [0.15, 0.2) is 94.4 Å². The van der Waals surface area contributed by atoms with Crippen molar-refractivity contribution < 1.29 is 18.3 Å². The average molecular weight is 454 g/mol. The number of hydrogen-bond donors (Lipinski definition) is 1. The Morgan fingerprint density at radius 3 is 2.16 bits per heavy atom. The third kappa shape index (κ3) is 3.96. The minimum atomic E-state index is -4.13. The minimum Gasteiger partial charge on any atom is -0.502 e. The van der Waals surface area contributed by atoms with Gasteiger partial charge in [-0.2, -0.15) is 0 Å². The second kappa shape index (κ2) is 8.21. The molecule has 3 aromatic rings. The van der Waals surface area contributed by atoms with Gasteiger partial charge in [-0.3, -0.25) is 4.79 Å². The number of carbonyl (C=O) groups excluding carboxylic acids is 1. The van der Waals surface area contributed by atoms with Gasteiger partial charge in [-0.1, -0.05) is 71.8 Å². The first-order valence-electron chi connectivity index (χ1n) is 9.64. The van der Waals surface area contributed by atoms with Gasteiger partial charge in [-0.15, -0.1) is 0 Å². The molecule has 1 aliphatic rings. The van der Waals surface area contributed by atoms with Gasteiger partial charge in [-0.25, -0.2) is 8.42 Å². The minimum absolute atomic E-state index is 0.0144. The Balaban J connectivity index is 1.85. The highest BCUT2D eigenvalue weighted by Gasteiger charge is 2.46. The zero-order valence-corrected chi connectivity index (χ0v) is 18.3. The molecule has 0 aromatic heterocycles. The Kier molecular flexibility index (Phi) is 5.60. The van der Waals surface area contributed by atoms with Gasteiger partial charge in [0.2, 0.25) is 9.84 Å². The van der Waals surface area contributed by atoms with Crippen molar-refractivity contribution in [1.82, 2.24) is 4.90 Å². The fourth-order valence-electron chi connectivity index (χ4n) is 3.66. The van der Waals surface area contributed by atoms with Crippen LogP contribution in [0.3, 0.4) is 0 Å². The lowest BCUT2D eigenvalue weighted by molar-refractivity contribution is -0.130. The molecule has 0 fully saturated rings. The molecule has 5 nitrogen and oxygen atoms in total. The van der Waals surface area contributed by atoms with Crippen LogP contribution in [-0.4, -0.2) is 24.3 Å². The molecule has 1 unspecified atom stereocenters. The third-order valence-electron chi connectivity index (χ3n) is 5.26. The summed E-state index contributed by atoms with van der Waals surface area (Å²) < 4.78 is 26.9. The van der Waals surface area contributed by atoms with Crippen molar-refractivity contribution in [2.24, 2.45) is 0 Å². The highest BCUT2D eigenvalue weighted by Crippen LogP contribution is 2.43. The van der Waals surface area contributed by atoms with E-state index in [0.29, 0.717) is 10.6 Å². The molecule has 0 saturated carbocycles. The van der Waals surface area contributed by atoms with Crippen molar-refractivity contribution in [3.63, 3.8) is 0 Å². The van der Waals surface area contributed by atoms with E-state index in [4.69, 9.17) is 11.6 Å². The van der Waals surface area contributed by atoms with E-state index in [0.717, 1.165) is 11.1 Å². The van der Waals surface area contributed by atoms with Crippen LogP contribution < -0.4 is 0 Å². The number of rotatable bonds is 5. The van der Waals surface area contributed by atoms with Crippen LogP contribution in [0.1, 0.15) is 22.7 Å². The van der Waals surface area contributed by atoms with E-state index in [2.05, 4.69) is 0 Å². The summed E-state index contributed by atoms with van der Waals surface area (Å²) in [6, 6.07) is 21.0. The summed E-state index contributed by atoms with van der Waals surface area (Å²) in [5, 5.41) is 11.2. The van der Waals surface area contributed by atoms with Crippen LogP contribution in [-0.2, 0) is 21.2 Å². The van der Waals surface area contributed by atoms with Crippen LogP contribution in [0.5, 0.6) is 0 Å². The molecule has 4 rings (SSSR count). The van der Waals surface area contributed by atoms with E-state index in [-0.39, 0.29) is 16.3 Å². The molecule has 1 atom stereocenters. The van der Waals surface area contributed by atoms with Crippen LogP contribution in [0.4, 0.5) is 0 Å². The van der Waals surface area contributed by atoms with Gasteiger partial charge in [0.15, 0.2) is 5.76 Å². The lowest BCUT2D eigenvalue weighted by atomic mass is 10.1. The second-order valence-electron chi connectivity index (χ2n) is 7.40. The van der Waals surface area contributed by atoms with E-state index in [1.54, 1.807) is 42.5 Å². The molecule has 0 radical (unpaired) electrons. The SMILES string of the molecule is Cc1ccc(CN2C(=O)C(O)=C(S(=O)(=O)c3ccccc3)C2c2ccc(Cl)cc2)cc1. The normalized spacial score (nSPS) is 16.8. The van der Waals surface area contributed by atoms with Crippen LogP contribution >= 0.6 is 11.6 Å². The molecular formula is C24H20ClNO4S. The Morgan fingerprint density at radius 1 is 0.935 bits per heavy atom. The summed E-state index contributed by atoms with van der Waals surface area (Å²) in [4.78, 5) is 14.1. The summed E-state index contributed by atoms with van der Waals surface area (Å²) in [5.41, 5.74) is 2.44. The van der Waals surface area contributed by atoms with Crippen molar-refractivity contribution in [2.45, 2.75) is 24.4 Å². The Bertz CT molecular complexity index is 1250. The summed E-state index contributed by atoms with van der Waals surface area (Å²) in [5.74, 6) is -1.48. The number of amides is 1. The molecule has 0 bridgehead atoms. The van der Waals surface area contributed by atoms with E-state index >= 15 is 0 Å². The predicted molar refractivity (Wildman–Crippen MR) is 119 cm³/mol. The second-order valence-corrected chi connectivity index (χ2v) is 9.76. The Hall–Kier alpha value is -3.09. The molecule has 1 N–H and O–H groups in total. The fraction of sp³-hybridized carbons (Fsp3) is 0.125. The van der Waals surface area contributed by atoms with Gasteiger partial charge in [0.25, 0.3) is 5.91 Å². The van der Waals surface area contributed by atoms with Crippen LogP contribution in [0, 0.1) is 6.92 Å². The maximum absolute atomic E-state index is 13.5. The molecule has 0 saturated heterocycles. The number of hydrogen-bond acceptors (Lipinski definition) is 4. The number of halogens is 1. The van der Waals surface area contributed by atoms with Gasteiger partial charge >= 0.3 is 0 Å². The Morgan fingerprint density at radius 2 is 1.55 bits per heavy atom. The van der Waals surface area contributed by atoms with E-state index in [9.17, 15) is 18.3 Å². The van der Waals surface area contributed by atoms with Gasteiger partial charge in [0, 0.05) is 11.6 Å². The first-order valence-corrected chi connectivity index (χ1v) is 11.5. The number of aryl methyl sites for hydroxylation is 1. The highest BCUT2D eigenvalue weighted by molar-refractivity contribution is 7.95. The smallest absolute Gasteiger partial charge is 0.290 e. The molecule has 3 aromatic carbocycles. The predicted octanol–water partition coefficient (Wildman–Crippen LogP) is 4.98. The van der Waals surface area contributed by atoms with Gasteiger partial charge < -0.3 is 10.0 Å². The standard InChI is InChI=1S/C24H20ClNO4S/c1-16-7-9-17(10-8-16)15-26-21(18-11-13-19(25)14-12-18)23(22(27)24(26)28)31(29,30)20-5-3-2-4-6-20/h2-14,21,27H,15H2,1H3. The molecule has 1 amide bonds. The van der Waals surface area contributed by atoms with Crippen molar-refractivity contribution >= 4 is 27.3 Å². The number of nitrogens with zero attached hydrogens (tertiary/aromatic N) is 1. The summed E-state index contributed by atoms with van der Waals surface area (Å²) >= 11 is 6.02. The van der Waals surface area contributed by atoms with Crippen LogP contribution in [0.2, 0.25) is 5.02 Å². The number of carbonyl (C=O) groups is 1. The van der Waals surface area contributed by atoms with Crippen molar-refractivity contribution in [3.05, 3.63) is 111 Å². The average Bonchev–Trinajstić information content (AvgIpc) is 3.02. The van der Waals surface area contributed by atoms with E-state index < -0.39 is 27.5 Å². The molecule has 1 heterocycles. The van der Waals surface area contributed by atoms with Gasteiger partial charge in [-0.05, 0) is 42.3 Å². The molecule has 7 heteroatoms. The summed E-state index contributed by atoms with van der Waals surface area (Å²) in [6.07, 6.45) is 0. The monoisotopic (exact) mass is 453 g/mol. The van der Waals surface area contributed by atoms with E-state index in [1.807, 2.05) is 31.2 Å². The molecule has 0 spiro atoms. The van der Waals surface area contributed by atoms with Crippen molar-refractivity contribution in [2.75, 3.05) is 0 Å². The number of sulfone groups is 1. The first-order chi connectivity index (χ1) is 14.8. The van der Waals surface area contributed by atoms with Crippen LogP contribution in [0.25, 0.3) is 0 Å². The fourth-order valence-corrected chi connectivity index (χ4v) is 5.45. The van der Waals surface area contributed by atoms with Gasteiger partial charge in [0.1, 0.15) is 4.91 Å². The molecule has 158 valence electrons. The zero-order chi connectivity index (χ0) is 22.2. The quantitative estimate of drug-likeness (QED) is 0.591. The first kappa shape index (κ1) is 21.2. The van der Waals surface area contributed by atoms with E-state index in [1.165, 1.54) is 17.0 Å². The summed E-state index contributed by atoms with van der Waals surface area (Å²) in [7, 11) is -4.13. The zero-order valence-electron chi connectivity index (χ0n) is 16.7. The highest BCUT2D eigenvalue weighted by atomic mass is 35.5. The molecule has 1 aliphatic heterocycles. The third-order valence-corrected chi connectivity index (χ3v) is 7.40. The lowest BCUT2D eigenvalue weighted by Gasteiger charge is -2.27. The largest absolute Gasteiger partial charge is 0.502 e. The number of benzene rings is 3.